The van der Waals surface area contributed by atoms with E-state index in [1.165, 1.54) is 0 Å². The van der Waals surface area contributed by atoms with E-state index < -0.39 is 0 Å². The second-order valence-electron chi connectivity index (χ2n) is 3.50. The maximum absolute atomic E-state index is 5.96. The third-order valence-corrected chi connectivity index (χ3v) is 2.63. The van der Waals surface area contributed by atoms with Crippen molar-refractivity contribution < 1.29 is 0 Å². The van der Waals surface area contributed by atoms with Gasteiger partial charge in [-0.15, -0.1) is 0 Å². The van der Waals surface area contributed by atoms with Gasteiger partial charge < -0.3 is 4.98 Å². The van der Waals surface area contributed by atoms with Crippen LogP contribution in [0, 0.1) is 6.92 Å². The van der Waals surface area contributed by atoms with E-state index in [1.807, 2.05) is 25.1 Å². The lowest BCUT2D eigenvalue weighted by Crippen LogP contribution is -1.80. The number of hydrogen-bond donors (Lipinski definition) is 1. The van der Waals surface area contributed by atoms with E-state index in [0.717, 1.165) is 27.8 Å². The molecule has 1 N–H and O–H groups in total. The molecule has 0 radical (unpaired) electrons. The molecule has 2 aromatic heterocycles. The summed E-state index contributed by atoms with van der Waals surface area (Å²) in [6.45, 7) is 1.93. The Bertz CT molecular complexity index is 657. The van der Waals surface area contributed by atoms with Crippen LogP contribution in [0.25, 0.3) is 21.9 Å². The molecule has 0 aliphatic heterocycles. The Morgan fingerprint density at radius 2 is 2.20 bits per heavy atom. The van der Waals surface area contributed by atoms with Crippen molar-refractivity contribution in [2.75, 3.05) is 0 Å². The number of nitrogens with one attached hydrogen (secondary N) is 1. The van der Waals surface area contributed by atoms with E-state index in [0.29, 0.717) is 5.02 Å². The zero-order chi connectivity index (χ0) is 10.4. The van der Waals surface area contributed by atoms with Crippen LogP contribution in [0.15, 0.2) is 24.4 Å². The summed E-state index contributed by atoms with van der Waals surface area (Å²) >= 11 is 5.96. The van der Waals surface area contributed by atoms with Crippen molar-refractivity contribution in [3.05, 3.63) is 35.2 Å². The standard InChI is InChI=1S/C11H8ClN3/c1-6-14-10-5-13-9-3-2-7(12)4-8(9)11(10)15-6/h2-5H,1H3,(H,14,15). The Labute approximate surface area is 91.1 Å². The van der Waals surface area contributed by atoms with Crippen molar-refractivity contribution in [2.24, 2.45) is 0 Å². The molecule has 3 rings (SSSR count). The Balaban J connectivity index is 2.56. The van der Waals surface area contributed by atoms with Crippen LogP contribution in [0.5, 0.6) is 0 Å². The van der Waals surface area contributed by atoms with Gasteiger partial charge in [-0.05, 0) is 25.1 Å². The summed E-state index contributed by atoms with van der Waals surface area (Å²) in [4.78, 5) is 11.9. The molecule has 0 saturated heterocycles. The number of imidazole rings is 1. The Hall–Kier alpha value is -1.61. The van der Waals surface area contributed by atoms with Crippen molar-refractivity contribution >= 4 is 33.5 Å². The van der Waals surface area contributed by atoms with Crippen LogP contribution < -0.4 is 0 Å². The quantitative estimate of drug-likeness (QED) is 0.629. The first-order valence-electron chi connectivity index (χ1n) is 4.64. The molecule has 0 bridgehead atoms. The lowest BCUT2D eigenvalue weighted by molar-refractivity contribution is 1.17. The summed E-state index contributed by atoms with van der Waals surface area (Å²) in [5.74, 6) is 0.888. The number of pyridine rings is 1. The summed E-state index contributed by atoms with van der Waals surface area (Å²) in [6, 6.07) is 5.63. The lowest BCUT2D eigenvalue weighted by atomic mass is 10.2. The van der Waals surface area contributed by atoms with Crippen molar-refractivity contribution in [2.45, 2.75) is 6.92 Å². The van der Waals surface area contributed by atoms with Gasteiger partial charge in [0.1, 0.15) is 5.82 Å². The fraction of sp³-hybridized carbons (Fsp3) is 0.0909. The van der Waals surface area contributed by atoms with Gasteiger partial charge in [0.15, 0.2) is 0 Å². The predicted octanol–water partition coefficient (Wildman–Crippen LogP) is 3.07. The smallest absolute Gasteiger partial charge is 0.104 e. The number of H-pyrrole nitrogens is 1. The zero-order valence-corrected chi connectivity index (χ0v) is 8.84. The fourth-order valence-electron chi connectivity index (χ4n) is 1.75. The van der Waals surface area contributed by atoms with Crippen LogP contribution in [0.2, 0.25) is 5.02 Å². The van der Waals surface area contributed by atoms with Gasteiger partial charge >= 0.3 is 0 Å². The molecule has 0 amide bonds. The molecule has 0 aliphatic carbocycles. The summed E-state index contributed by atoms with van der Waals surface area (Å²) in [5, 5.41) is 1.70. The first-order chi connectivity index (χ1) is 7.24. The number of rotatable bonds is 0. The van der Waals surface area contributed by atoms with Crippen LogP contribution in [0.4, 0.5) is 0 Å². The highest BCUT2D eigenvalue weighted by atomic mass is 35.5. The number of nitrogens with zero attached hydrogens (tertiary/aromatic N) is 2. The molecule has 0 aliphatic rings. The molecule has 0 atom stereocenters. The van der Waals surface area contributed by atoms with Gasteiger partial charge in [-0.2, -0.15) is 0 Å². The molecule has 3 nitrogen and oxygen atoms in total. The van der Waals surface area contributed by atoms with Crippen molar-refractivity contribution in [3.63, 3.8) is 0 Å². The number of aromatic amines is 1. The van der Waals surface area contributed by atoms with Gasteiger partial charge in [-0.1, -0.05) is 11.6 Å². The first-order valence-corrected chi connectivity index (χ1v) is 5.02. The van der Waals surface area contributed by atoms with Gasteiger partial charge in [0.2, 0.25) is 0 Å². The highest BCUT2D eigenvalue weighted by Gasteiger charge is 2.05. The lowest BCUT2D eigenvalue weighted by Gasteiger charge is -1.97. The van der Waals surface area contributed by atoms with E-state index >= 15 is 0 Å². The van der Waals surface area contributed by atoms with Gasteiger partial charge in [-0.25, -0.2) is 4.98 Å². The molecule has 0 unspecified atom stereocenters. The van der Waals surface area contributed by atoms with Crippen molar-refractivity contribution in [1.82, 2.24) is 15.0 Å². The fourth-order valence-corrected chi connectivity index (χ4v) is 1.93. The monoisotopic (exact) mass is 217 g/mol. The Morgan fingerprint density at radius 3 is 3.07 bits per heavy atom. The maximum Gasteiger partial charge on any atom is 0.104 e. The largest absolute Gasteiger partial charge is 0.341 e. The number of aryl methyl sites for hydroxylation is 1. The molecule has 2 heterocycles. The van der Waals surface area contributed by atoms with E-state index in [-0.39, 0.29) is 0 Å². The molecule has 1 aromatic carbocycles. The van der Waals surface area contributed by atoms with Crippen LogP contribution in [-0.4, -0.2) is 15.0 Å². The number of hydrogen-bond acceptors (Lipinski definition) is 2. The molecule has 15 heavy (non-hydrogen) atoms. The SMILES string of the molecule is Cc1nc2c(cnc3ccc(Cl)cc32)[nH]1. The van der Waals surface area contributed by atoms with Crippen LogP contribution in [0.1, 0.15) is 5.82 Å². The summed E-state index contributed by atoms with van der Waals surface area (Å²) in [6.07, 6.45) is 1.80. The summed E-state index contributed by atoms with van der Waals surface area (Å²) < 4.78 is 0. The van der Waals surface area contributed by atoms with Gasteiger partial charge in [0, 0.05) is 10.4 Å². The molecule has 0 spiro atoms. The minimum Gasteiger partial charge on any atom is -0.341 e. The predicted molar refractivity (Wildman–Crippen MR) is 61.1 cm³/mol. The second kappa shape index (κ2) is 2.94. The molecule has 74 valence electrons. The molecular weight excluding hydrogens is 210 g/mol. The van der Waals surface area contributed by atoms with Gasteiger partial charge in [-0.3, -0.25) is 4.98 Å². The average Bonchev–Trinajstić information content (AvgIpc) is 2.58. The number of fused-ring (bicyclic) bond motifs is 3. The number of benzene rings is 1. The molecule has 0 saturated carbocycles. The highest BCUT2D eigenvalue weighted by Crippen LogP contribution is 2.24. The number of halogens is 1. The summed E-state index contributed by atoms with van der Waals surface area (Å²) in [7, 11) is 0. The van der Waals surface area contributed by atoms with Crippen molar-refractivity contribution in [1.29, 1.82) is 0 Å². The third kappa shape index (κ3) is 1.27. The average molecular weight is 218 g/mol. The van der Waals surface area contributed by atoms with E-state index in [2.05, 4.69) is 15.0 Å². The first kappa shape index (κ1) is 8.68. The van der Waals surface area contributed by atoms with Crippen LogP contribution >= 0.6 is 11.6 Å². The van der Waals surface area contributed by atoms with E-state index in [1.54, 1.807) is 6.20 Å². The Kier molecular flexibility index (Phi) is 1.70. The van der Waals surface area contributed by atoms with Crippen LogP contribution in [0.3, 0.4) is 0 Å². The zero-order valence-electron chi connectivity index (χ0n) is 8.08. The minimum absolute atomic E-state index is 0.706. The van der Waals surface area contributed by atoms with Gasteiger partial charge in [0.25, 0.3) is 0 Å². The summed E-state index contributed by atoms with van der Waals surface area (Å²) in [5.41, 5.74) is 2.79. The molecule has 0 fully saturated rings. The number of aromatic nitrogens is 3. The second-order valence-corrected chi connectivity index (χ2v) is 3.94. The third-order valence-electron chi connectivity index (χ3n) is 2.40. The topological polar surface area (TPSA) is 41.6 Å². The van der Waals surface area contributed by atoms with E-state index in [4.69, 9.17) is 11.6 Å². The minimum atomic E-state index is 0.706. The molecular formula is C11H8ClN3. The van der Waals surface area contributed by atoms with Crippen molar-refractivity contribution in [3.8, 4) is 0 Å². The van der Waals surface area contributed by atoms with Gasteiger partial charge in [0.05, 0.1) is 22.7 Å². The van der Waals surface area contributed by atoms with E-state index in [9.17, 15) is 0 Å². The molecule has 3 aromatic rings. The maximum atomic E-state index is 5.96. The Morgan fingerprint density at radius 1 is 1.33 bits per heavy atom. The highest BCUT2D eigenvalue weighted by molar-refractivity contribution is 6.31. The normalized spacial score (nSPS) is 11.3. The molecule has 4 heteroatoms. The van der Waals surface area contributed by atoms with Crippen LogP contribution in [-0.2, 0) is 0 Å².